The van der Waals surface area contributed by atoms with Crippen LogP contribution in [0.15, 0.2) is 10.3 Å². The van der Waals surface area contributed by atoms with Gasteiger partial charge in [0.2, 0.25) is 0 Å². The van der Waals surface area contributed by atoms with Crippen LogP contribution in [0.2, 0.25) is 0 Å². The molecule has 64 valence electrons. The van der Waals surface area contributed by atoms with Gasteiger partial charge in [0.1, 0.15) is 0 Å². The second-order valence-corrected chi connectivity index (χ2v) is 6.35. The molecule has 2 aliphatic heterocycles. The molecule has 3 aliphatic rings. The molecule has 0 unspecified atom stereocenters. The standard InChI is InChI=1S/C7H8N2O2Te/c1-2-4-6-7-5(3-1)8-10-12(7)11-9-6/h1-4H2. The second-order valence-electron chi connectivity index (χ2n) is 3.00. The van der Waals surface area contributed by atoms with E-state index in [2.05, 4.69) is 10.3 Å². The summed E-state index contributed by atoms with van der Waals surface area (Å²) in [5.41, 5.74) is 2.25. The van der Waals surface area contributed by atoms with Crippen molar-refractivity contribution in [2.75, 3.05) is 0 Å². The first-order valence-electron chi connectivity index (χ1n) is 4.06. The van der Waals surface area contributed by atoms with E-state index in [0.717, 1.165) is 24.3 Å². The van der Waals surface area contributed by atoms with Crippen molar-refractivity contribution in [2.24, 2.45) is 10.3 Å². The Morgan fingerprint density at radius 3 is 2.17 bits per heavy atom. The van der Waals surface area contributed by atoms with E-state index in [0.29, 0.717) is 0 Å². The summed E-state index contributed by atoms with van der Waals surface area (Å²) in [6.07, 6.45) is 4.51. The van der Waals surface area contributed by atoms with E-state index in [1.165, 1.54) is 16.4 Å². The quantitative estimate of drug-likeness (QED) is 0.609. The maximum absolute atomic E-state index is 5.23. The van der Waals surface area contributed by atoms with Gasteiger partial charge < -0.3 is 0 Å². The average molecular weight is 280 g/mol. The van der Waals surface area contributed by atoms with Crippen LogP contribution < -0.4 is 0 Å². The molecule has 0 aromatic rings. The van der Waals surface area contributed by atoms with Crippen LogP contribution in [0.1, 0.15) is 25.7 Å². The van der Waals surface area contributed by atoms with Gasteiger partial charge in [-0.05, 0) is 0 Å². The molecule has 0 atom stereocenters. The van der Waals surface area contributed by atoms with Gasteiger partial charge in [0, 0.05) is 0 Å². The molecule has 0 aromatic heterocycles. The Hall–Kier alpha value is -0.400. The van der Waals surface area contributed by atoms with E-state index >= 15 is 0 Å². The van der Waals surface area contributed by atoms with Crippen LogP contribution in [0.4, 0.5) is 0 Å². The molecular formula is C7H8N2O2Te. The summed E-state index contributed by atoms with van der Waals surface area (Å²) in [5.74, 6) is 0. The molecule has 0 bridgehead atoms. The normalized spacial score (nSPS) is 26.8. The SMILES string of the molecule is C1CCC2=NO[Te]3=C2C(=NO3)C1. The molecule has 3 rings (SSSR count). The van der Waals surface area contributed by atoms with Gasteiger partial charge in [-0.3, -0.25) is 0 Å². The Labute approximate surface area is 77.4 Å². The molecule has 0 N–H and O–H groups in total. The predicted octanol–water partition coefficient (Wildman–Crippen LogP) is 0.575. The van der Waals surface area contributed by atoms with Crippen molar-refractivity contribution in [3.63, 3.8) is 0 Å². The van der Waals surface area contributed by atoms with Crippen molar-refractivity contribution < 1.29 is 6.40 Å². The molecule has 0 amide bonds. The third kappa shape index (κ3) is 0.868. The number of nitrogens with zero attached hydrogens (tertiary/aromatic N) is 2. The zero-order chi connectivity index (χ0) is 7.97. The van der Waals surface area contributed by atoms with E-state index in [1.807, 2.05) is 0 Å². The molecule has 2 heterocycles. The van der Waals surface area contributed by atoms with E-state index < -0.39 is 19.9 Å². The van der Waals surface area contributed by atoms with Crippen molar-refractivity contribution in [2.45, 2.75) is 25.7 Å². The fraction of sp³-hybridized carbons (Fsp3) is 0.571. The average Bonchev–Trinajstić information content (AvgIpc) is 2.57. The number of hydrogen-bond acceptors (Lipinski definition) is 4. The van der Waals surface area contributed by atoms with Gasteiger partial charge in [-0.1, -0.05) is 0 Å². The van der Waals surface area contributed by atoms with Crippen LogP contribution in [0.3, 0.4) is 0 Å². The van der Waals surface area contributed by atoms with E-state index in [1.54, 1.807) is 0 Å². The third-order valence-corrected chi connectivity index (χ3v) is 5.69. The zero-order valence-electron chi connectivity index (χ0n) is 6.45. The van der Waals surface area contributed by atoms with Gasteiger partial charge in [-0.2, -0.15) is 0 Å². The minimum atomic E-state index is -1.94. The molecule has 1 fully saturated rings. The summed E-state index contributed by atoms with van der Waals surface area (Å²) in [6, 6.07) is 0. The molecule has 12 heavy (non-hydrogen) atoms. The summed E-state index contributed by atoms with van der Waals surface area (Å²) in [7, 11) is 0. The van der Waals surface area contributed by atoms with E-state index in [-0.39, 0.29) is 0 Å². The summed E-state index contributed by atoms with van der Waals surface area (Å²) < 4.78 is 11.7. The molecule has 1 saturated carbocycles. The van der Waals surface area contributed by atoms with Crippen LogP contribution in [0.5, 0.6) is 0 Å². The summed E-state index contributed by atoms with van der Waals surface area (Å²) in [5, 5.41) is 8.10. The topological polar surface area (TPSA) is 43.2 Å². The Morgan fingerprint density at radius 1 is 1.00 bits per heavy atom. The fourth-order valence-electron chi connectivity index (χ4n) is 1.59. The van der Waals surface area contributed by atoms with Crippen molar-refractivity contribution >= 4 is 34.9 Å². The predicted molar refractivity (Wildman–Crippen MR) is 46.3 cm³/mol. The molecule has 5 heteroatoms. The van der Waals surface area contributed by atoms with Crippen molar-refractivity contribution in [3.8, 4) is 0 Å². The molecule has 0 radical (unpaired) electrons. The van der Waals surface area contributed by atoms with Crippen LogP contribution in [-0.4, -0.2) is 34.9 Å². The van der Waals surface area contributed by atoms with Gasteiger partial charge in [0.25, 0.3) is 0 Å². The Bertz CT molecular complexity index is 302. The summed E-state index contributed by atoms with van der Waals surface area (Å²) >= 11 is -1.94. The molecule has 1 aliphatic carbocycles. The summed E-state index contributed by atoms with van der Waals surface area (Å²) in [6.45, 7) is 0. The number of oxime groups is 2. The van der Waals surface area contributed by atoms with E-state index in [4.69, 9.17) is 6.40 Å². The first-order chi connectivity index (χ1) is 5.95. The monoisotopic (exact) mass is 282 g/mol. The Kier molecular flexibility index (Phi) is 1.49. The zero-order valence-corrected chi connectivity index (χ0v) is 8.78. The van der Waals surface area contributed by atoms with Crippen LogP contribution in [0.25, 0.3) is 0 Å². The van der Waals surface area contributed by atoms with Crippen molar-refractivity contribution in [3.05, 3.63) is 0 Å². The Morgan fingerprint density at radius 2 is 1.58 bits per heavy atom. The van der Waals surface area contributed by atoms with Gasteiger partial charge in [-0.15, -0.1) is 0 Å². The second kappa shape index (κ2) is 2.54. The van der Waals surface area contributed by atoms with Gasteiger partial charge in [-0.25, -0.2) is 0 Å². The molecule has 0 spiro atoms. The molecular weight excluding hydrogens is 272 g/mol. The number of rotatable bonds is 0. The fourth-order valence-corrected chi connectivity index (χ4v) is 4.89. The summed E-state index contributed by atoms with van der Waals surface area (Å²) in [4.78, 5) is 0. The molecule has 0 saturated heterocycles. The molecule has 4 nitrogen and oxygen atoms in total. The molecule has 0 aromatic carbocycles. The van der Waals surface area contributed by atoms with Crippen molar-refractivity contribution in [1.29, 1.82) is 0 Å². The van der Waals surface area contributed by atoms with E-state index in [9.17, 15) is 0 Å². The first-order valence-corrected chi connectivity index (χ1v) is 7.12. The number of hydrogen-bond donors (Lipinski definition) is 0. The van der Waals surface area contributed by atoms with Crippen LogP contribution in [-0.2, 0) is 6.40 Å². The van der Waals surface area contributed by atoms with Crippen LogP contribution >= 0.6 is 0 Å². The van der Waals surface area contributed by atoms with Crippen LogP contribution in [0, 0.1) is 0 Å². The minimum absolute atomic E-state index is 1.05. The van der Waals surface area contributed by atoms with Gasteiger partial charge in [0.05, 0.1) is 0 Å². The van der Waals surface area contributed by atoms with Crippen molar-refractivity contribution in [1.82, 2.24) is 0 Å². The Balaban J connectivity index is 2.10. The van der Waals surface area contributed by atoms with Gasteiger partial charge in [0.15, 0.2) is 0 Å². The first kappa shape index (κ1) is 7.05. The maximum atomic E-state index is 5.23. The third-order valence-electron chi connectivity index (χ3n) is 2.20. The van der Waals surface area contributed by atoms with Gasteiger partial charge >= 0.3 is 77.3 Å².